The zero-order valence-electron chi connectivity index (χ0n) is 14.5. The minimum atomic E-state index is -0.785. The molecule has 0 radical (unpaired) electrons. The van der Waals surface area contributed by atoms with E-state index < -0.39 is 11.5 Å². The summed E-state index contributed by atoms with van der Waals surface area (Å²) in [5.41, 5.74) is 0.319. The van der Waals surface area contributed by atoms with Crippen LogP contribution in [0.3, 0.4) is 0 Å². The first-order valence-electron chi connectivity index (χ1n) is 9.13. The summed E-state index contributed by atoms with van der Waals surface area (Å²) in [4.78, 5) is 25.3. The maximum absolute atomic E-state index is 13.0. The van der Waals surface area contributed by atoms with Crippen molar-refractivity contribution in [3.05, 3.63) is 30.3 Å². The molecule has 4 fully saturated rings. The van der Waals surface area contributed by atoms with Gasteiger partial charge in [-0.15, -0.1) is 0 Å². The lowest BCUT2D eigenvalue weighted by molar-refractivity contribution is -0.175. The van der Waals surface area contributed by atoms with Gasteiger partial charge in [-0.1, -0.05) is 34.1 Å². The lowest BCUT2D eigenvalue weighted by atomic mass is 9.49. The van der Waals surface area contributed by atoms with E-state index in [-0.39, 0.29) is 16.2 Å². The van der Waals surface area contributed by atoms with E-state index >= 15 is 0 Å². The van der Waals surface area contributed by atoms with E-state index in [9.17, 15) is 9.59 Å². The molecular weight excluding hydrogens is 382 g/mol. The molecule has 4 aliphatic rings. The lowest BCUT2D eigenvalue weighted by Gasteiger charge is -2.58. The predicted molar refractivity (Wildman–Crippen MR) is 99.4 cm³/mol. The van der Waals surface area contributed by atoms with Crippen LogP contribution in [0, 0.1) is 17.3 Å². The summed E-state index contributed by atoms with van der Waals surface area (Å²) in [7, 11) is 0. The van der Waals surface area contributed by atoms with Crippen LogP contribution in [-0.2, 0) is 14.3 Å². The van der Waals surface area contributed by atoms with Crippen molar-refractivity contribution < 1.29 is 14.3 Å². The molecule has 1 aromatic carbocycles. The molecule has 25 heavy (non-hydrogen) atoms. The molecule has 4 saturated carbocycles. The molecule has 0 heterocycles. The average molecular weight is 406 g/mol. The van der Waals surface area contributed by atoms with E-state index in [1.165, 1.54) is 19.3 Å². The van der Waals surface area contributed by atoms with Gasteiger partial charge < -0.3 is 10.1 Å². The van der Waals surface area contributed by atoms with E-state index in [0.717, 1.165) is 19.3 Å². The molecule has 1 aromatic rings. The largest absolute Gasteiger partial charge is 0.452 e. The highest BCUT2D eigenvalue weighted by molar-refractivity contribution is 9.10. The number of nitrogens with one attached hydrogen (secondary N) is 1. The molecule has 4 nitrogen and oxygen atoms in total. The number of carbonyl (C=O) groups is 2. The van der Waals surface area contributed by atoms with Gasteiger partial charge in [0.1, 0.15) is 0 Å². The number of carbonyl (C=O) groups excluding carboxylic acids is 2. The van der Waals surface area contributed by atoms with Crippen LogP contribution >= 0.6 is 15.9 Å². The van der Waals surface area contributed by atoms with Crippen LogP contribution in [0.4, 0.5) is 5.69 Å². The SMILES string of the molecule is C[C@H](OC(=O)C12C[C@@H]3C[C@@H](CC(Br)(C3)C1)C2)C(=O)Nc1ccccc1. The van der Waals surface area contributed by atoms with Crippen molar-refractivity contribution in [3.63, 3.8) is 0 Å². The number of anilines is 1. The molecule has 4 aliphatic carbocycles. The fraction of sp³-hybridized carbons (Fsp3) is 0.600. The van der Waals surface area contributed by atoms with Crippen LogP contribution in [-0.4, -0.2) is 22.3 Å². The molecule has 134 valence electrons. The second-order valence-corrected chi connectivity index (χ2v) is 9.98. The minimum Gasteiger partial charge on any atom is -0.452 e. The number of amides is 1. The van der Waals surface area contributed by atoms with E-state index in [1.54, 1.807) is 6.92 Å². The maximum Gasteiger partial charge on any atom is 0.312 e. The number of benzene rings is 1. The second kappa shape index (κ2) is 6.11. The highest BCUT2D eigenvalue weighted by Crippen LogP contribution is 2.64. The normalized spacial score (nSPS) is 36.7. The fourth-order valence-electron chi connectivity index (χ4n) is 5.49. The van der Waals surface area contributed by atoms with Crippen LogP contribution in [0.1, 0.15) is 45.4 Å². The Morgan fingerprint density at radius 3 is 2.40 bits per heavy atom. The summed E-state index contributed by atoms with van der Waals surface area (Å²) in [5.74, 6) is 0.766. The van der Waals surface area contributed by atoms with Crippen LogP contribution in [0.25, 0.3) is 0 Å². The van der Waals surface area contributed by atoms with Crippen LogP contribution in [0.15, 0.2) is 30.3 Å². The third kappa shape index (κ3) is 3.23. The molecule has 1 amide bonds. The van der Waals surface area contributed by atoms with Crippen molar-refractivity contribution in [1.29, 1.82) is 0 Å². The van der Waals surface area contributed by atoms with Gasteiger partial charge in [-0.2, -0.15) is 0 Å². The molecule has 0 aromatic heterocycles. The number of hydrogen-bond acceptors (Lipinski definition) is 3. The van der Waals surface area contributed by atoms with Gasteiger partial charge in [-0.05, 0) is 69.4 Å². The monoisotopic (exact) mass is 405 g/mol. The van der Waals surface area contributed by atoms with Gasteiger partial charge in [0.05, 0.1) is 5.41 Å². The predicted octanol–water partition coefficient (Wildman–Crippen LogP) is 4.29. The molecule has 5 rings (SSSR count). The number of rotatable bonds is 4. The molecule has 2 unspecified atom stereocenters. The lowest BCUT2D eigenvalue weighted by Crippen LogP contribution is -2.56. The molecule has 5 heteroatoms. The Morgan fingerprint density at radius 2 is 1.80 bits per heavy atom. The Labute approximate surface area is 156 Å². The summed E-state index contributed by atoms with van der Waals surface area (Å²) in [6.45, 7) is 1.65. The number of para-hydroxylation sites is 1. The van der Waals surface area contributed by atoms with Crippen molar-refractivity contribution in [3.8, 4) is 0 Å². The Bertz CT molecular complexity index is 675. The Hall–Kier alpha value is -1.36. The van der Waals surface area contributed by atoms with Crippen molar-refractivity contribution in [1.82, 2.24) is 0 Å². The number of alkyl halides is 1. The van der Waals surface area contributed by atoms with Crippen molar-refractivity contribution >= 4 is 33.5 Å². The standard InChI is InChI=1S/C20H24BrNO3/c1-13(17(23)22-16-5-3-2-4-6-16)25-18(24)19-8-14-7-15(9-19)11-20(21,10-14)12-19/h2-6,13-15H,7-12H2,1H3,(H,22,23)/t13-,14-,15+,19?,20?/m0/s1. The van der Waals surface area contributed by atoms with Crippen LogP contribution < -0.4 is 5.32 Å². The fourth-order valence-corrected chi connectivity index (χ4v) is 6.95. The third-order valence-electron chi connectivity index (χ3n) is 6.12. The summed E-state index contributed by atoms with van der Waals surface area (Å²) >= 11 is 3.91. The molecule has 0 spiro atoms. The minimum absolute atomic E-state index is 0.103. The Kier molecular flexibility index (Phi) is 4.18. The summed E-state index contributed by atoms with van der Waals surface area (Å²) in [5, 5.41) is 2.80. The molecule has 0 aliphatic heterocycles. The van der Waals surface area contributed by atoms with Gasteiger partial charge in [0.2, 0.25) is 0 Å². The van der Waals surface area contributed by atoms with Gasteiger partial charge in [-0.3, -0.25) is 9.59 Å². The number of ether oxygens (including phenoxy) is 1. The van der Waals surface area contributed by atoms with E-state index in [1.807, 2.05) is 30.3 Å². The van der Waals surface area contributed by atoms with Crippen molar-refractivity contribution in [2.45, 2.75) is 55.9 Å². The first kappa shape index (κ1) is 17.1. The first-order chi connectivity index (χ1) is 11.9. The average Bonchev–Trinajstić information content (AvgIpc) is 2.53. The zero-order valence-corrected chi connectivity index (χ0v) is 16.1. The smallest absolute Gasteiger partial charge is 0.312 e. The van der Waals surface area contributed by atoms with Crippen LogP contribution in [0.2, 0.25) is 0 Å². The quantitative estimate of drug-likeness (QED) is 0.600. The molecule has 0 saturated heterocycles. The Balaban J connectivity index is 1.42. The molecule has 4 bridgehead atoms. The Morgan fingerprint density at radius 1 is 1.16 bits per heavy atom. The summed E-state index contributed by atoms with van der Waals surface area (Å²) in [6.07, 6.45) is 5.48. The first-order valence-corrected chi connectivity index (χ1v) is 9.93. The summed E-state index contributed by atoms with van der Waals surface area (Å²) in [6, 6.07) is 9.25. The van der Waals surface area contributed by atoms with E-state index in [4.69, 9.17) is 4.74 Å². The highest BCUT2D eigenvalue weighted by atomic mass is 79.9. The molecule has 5 atom stereocenters. The van der Waals surface area contributed by atoms with Gasteiger partial charge in [0.25, 0.3) is 5.91 Å². The number of esters is 1. The summed E-state index contributed by atoms with van der Waals surface area (Å²) < 4.78 is 5.75. The number of halogens is 1. The third-order valence-corrected chi connectivity index (χ3v) is 7.04. The maximum atomic E-state index is 13.0. The van der Waals surface area contributed by atoms with E-state index in [0.29, 0.717) is 17.5 Å². The second-order valence-electron chi connectivity index (χ2n) is 8.30. The van der Waals surface area contributed by atoms with Gasteiger partial charge in [0, 0.05) is 10.0 Å². The highest BCUT2D eigenvalue weighted by Gasteiger charge is 2.60. The van der Waals surface area contributed by atoms with Gasteiger partial charge in [0.15, 0.2) is 6.10 Å². The van der Waals surface area contributed by atoms with Gasteiger partial charge in [-0.25, -0.2) is 0 Å². The van der Waals surface area contributed by atoms with Gasteiger partial charge >= 0.3 is 5.97 Å². The number of hydrogen-bond donors (Lipinski definition) is 1. The van der Waals surface area contributed by atoms with E-state index in [2.05, 4.69) is 21.2 Å². The zero-order chi connectivity index (χ0) is 17.7. The topological polar surface area (TPSA) is 55.4 Å². The van der Waals surface area contributed by atoms with Crippen LogP contribution in [0.5, 0.6) is 0 Å². The van der Waals surface area contributed by atoms with Crippen molar-refractivity contribution in [2.24, 2.45) is 17.3 Å². The molecular formula is C20H24BrNO3. The molecule has 1 N–H and O–H groups in total. The van der Waals surface area contributed by atoms with Crippen molar-refractivity contribution in [2.75, 3.05) is 5.32 Å².